The summed E-state index contributed by atoms with van der Waals surface area (Å²) in [6, 6.07) is 8.10. The highest BCUT2D eigenvalue weighted by molar-refractivity contribution is 6.30. The van der Waals surface area contributed by atoms with E-state index in [-0.39, 0.29) is 0 Å². The normalized spacial score (nSPS) is 12.5. The van der Waals surface area contributed by atoms with Crippen molar-refractivity contribution < 1.29 is 8.78 Å². The fourth-order valence-electron chi connectivity index (χ4n) is 2.07. The maximum atomic E-state index is 13.3. The number of hydrogen-bond donors (Lipinski definition) is 2. The molecule has 100 valence electrons. The third kappa shape index (κ3) is 3.10. The predicted octanol–water partition coefficient (Wildman–Crippen LogP) is 3.48. The second-order valence-electron chi connectivity index (χ2n) is 4.30. The van der Waals surface area contributed by atoms with Crippen molar-refractivity contribution in [3.05, 3.63) is 69.7 Å². The molecule has 0 aromatic heterocycles. The Morgan fingerprint density at radius 3 is 2.26 bits per heavy atom. The molecule has 0 aliphatic carbocycles. The Labute approximate surface area is 115 Å². The zero-order valence-electron chi connectivity index (χ0n) is 10.3. The molecule has 0 bridgehead atoms. The van der Waals surface area contributed by atoms with Gasteiger partial charge in [-0.05, 0) is 47.9 Å². The summed E-state index contributed by atoms with van der Waals surface area (Å²) in [7, 11) is 0. The smallest absolute Gasteiger partial charge is 0.126 e. The molecule has 0 saturated heterocycles. The van der Waals surface area contributed by atoms with Crippen molar-refractivity contribution in [2.75, 3.05) is 0 Å². The number of hydrogen-bond acceptors (Lipinski definition) is 2. The molecule has 0 spiro atoms. The lowest BCUT2D eigenvalue weighted by Gasteiger charge is -2.19. The van der Waals surface area contributed by atoms with Crippen LogP contribution in [0.4, 0.5) is 8.78 Å². The monoisotopic (exact) mass is 282 g/mol. The number of halogens is 3. The third-order valence-electron chi connectivity index (χ3n) is 2.93. The summed E-state index contributed by atoms with van der Waals surface area (Å²) in [5.74, 6) is 4.24. The van der Waals surface area contributed by atoms with Crippen LogP contribution in [0.15, 0.2) is 36.4 Å². The van der Waals surface area contributed by atoms with Crippen LogP contribution in [0.25, 0.3) is 0 Å². The number of nitrogens with one attached hydrogen (secondary N) is 1. The predicted molar refractivity (Wildman–Crippen MR) is 71.7 cm³/mol. The Hall–Kier alpha value is -1.49. The van der Waals surface area contributed by atoms with Gasteiger partial charge in [-0.15, -0.1) is 0 Å². The highest BCUT2D eigenvalue weighted by Crippen LogP contribution is 2.27. The molecule has 2 aromatic carbocycles. The summed E-state index contributed by atoms with van der Waals surface area (Å²) in [6.07, 6.45) is 0. The van der Waals surface area contributed by atoms with E-state index in [0.717, 1.165) is 17.2 Å². The third-order valence-corrected chi connectivity index (χ3v) is 3.16. The SMILES string of the molecule is Cc1cc(Cl)ccc1C(NN)c1cc(F)cc(F)c1. The summed E-state index contributed by atoms with van der Waals surface area (Å²) < 4.78 is 26.6. The topological polar surface area (TPSA) is 38.0 Å². The van der Waals surface area contributed by atoms with E-state index in [0.29, 0.717) is 10.6 Å². The van der Waals surface area contributed by atoms with Crippen molar-refractivity contribution in [2.24, 2.45) is 5.84 Å². The molecular formula is C14H13ClF2N2. The average Bonchev–Trinajstić information content (AvgIpc) is 2.31. The van der Waals surface area contributed by atoms with Crippen LogP contribution in [0.3, 0.4) is 0 Å². The largest absolute Gasteiger partial charge is 0.271 e. The number of nitrogens with two attached hydrogens (primary N) is 1. The zero-order chi connectivity index (χ0) is 14.0. The van der Waals surface area contributed by atoms with Crippen molar-refractivity contribution in [3.8, 4) is 0 Å². The van der Waals surface area contributed by atoms with Gasteiger partial charge in [0.15, 0.2) is 0 Å². The first-order valence-electron chi connectivity index (χ1n) is 5.69. The van der Waals surface area contributed by atoms with Gasteiger partial charge < -0.3 is 0 Å². The Morgan fingerprint density at radius 2 is 1.74 bits per heavy atom. The standard InChI is InChI=1S/C14H13ClF2N2/c1-8-4-10(15)2-3-13(8)14(19-18)9-5-11(16)7-12(17)6-9/h2-7,14,19H,18H2,1H3. The maximum absolute atomic E-state index is 13.3. The second-order valence-corrected chi connectivity index (χ2v) is 4.74. The zero-order valence-corrected chi connectivity index (χ0v) is 11.0. The molecule has 0 aliphatic heterocycles. The van der Waals surface area contributed by atoms with Crippen LogP contribution in [0.5, 0.6) is 0 Å². The van der Waals surface area contributed by atoms with Gasteiger partial charge in [-0.2, -0.15) is 0 Å². The highest BCUT2D eigenvalue weighted by atomic mass is 35.5. The lowest BCUT2D eigenvalue weighted by atomic mass is 9.95. The Bertz CT molecular complexity index is 582. The van der Waals surface area contributed by atoms with E-state index in [1.165, 1.54) is 12.1 Å². The quantitative estimate of drug-likeness (QED) is 0.668. The van der Waals surface area contributed by atoms with Crippen LogP contribution in [-0.4, -0.2) is 0 Å². The number of rotatable bonds is 3. The number of hydrazine groups is 1. The summed E-state index contributed by atoms with van der Waals surface area (Å²) in [6.45, 7) is 1.86. The summed E-state index contributed by atoms with van der Waals surface area (Å²) in [4.78, 5) is 0. The molecule has 0 fully saturated rings. The van der Waals surface area contributed by atoms with E-state index in [1.807, 2.05) is 6.92 Å². The molecule has 2 nitrogen and oxygen atoms in total. The average molecular weight is 283 g/mol. The van der Waals surface area contributed by atoms with Gasteiger partial charge in [0, 0.05) is 11.1 Å². The van der Waals surface area contributed by atoms with Crippen LogP contribution in [-0.2, 0) is 0 Å². The first-order chi connectivity index (χ1) is 9.01. The highest BCUT2D eigenvalue weighted by Gasteiger charge is 2.16. The molecule has 3 N–H and O–H groups in total. The van der Waals surface area contributed by atoms with E-state index in [4.69, 9.17) is 17.4 Å². The molecule has 2 aromatic rings. The molecule has 0 aliphatic rings. The Kier molecular flexibility index (Phi) is 4.14. The molecule has 0 amide bonds. The van der Waals surface area contributed by atoms with Gasteiger partial charge in [-0.3, -0.25) is 5.84 Å². The minimum Gasteiger partial charge on any atom is -0.271 e. The van der Waals surface area contributed by atoms with Gasteiger partial charge in [0.25, 0.3) is 0 Å². The van der Waals surface area contributed by atoms with E-state index in [2.05, 4.69) is 5.43 Å². The fraction of sp³-hybridized carbons (Fsp3) is 0.143. The van der Waals surface area contributed by atoms with Crippen LogP contribution >= 0.6 is 11.6 Å². The first kappa shape index (κ1) is 13.9. The van der Waals surface area contributed by atoms with Crippen molar-refractivity contribution in [1.82, 2.24) is 5.43 Å². The van der Waals surface area contributed by atoms with Crippen molar-refractivity contribution in [1.29, 1.82) is 0 Å². The molecule has 1 unspecified atom stereocenters. The minimum absolute atomic E-state index is 0.422. The maximum Gasteiger partial charge on any atom is 0.126 e. The van der Waals surface area contributed by atoms with Crippen molar-refractivity contribution in [3.63, 3.8) is 0 Å². The second kappa shape index (κ2) is 5.65. The van der Waals surface area contributed by atoms with Gasteiger partial charge in [-0.1, -0.05) is 17.7 Å². The first-order valence-corrected chi connectivity index (χ1v) is 6.07. The number of benzene rings is 2. The summed E-state index contributed by atoms with van der Waals surface area (Å²) in [5.41, 5.74) is 4.70. The molecule has 5 heteroatoms. The minimum atomic E-state index is -0.637. The van der Waals surface area contributed by atoms with E-state index in [9.17, 15) is 8.78 Å². The van der Waals surface area contributed by atoms with E-state index < -0.39 is 17.7 Å². The van der Waals surface area contributed by atoms with Crippen molar-refractivity contribution >= 4 is 11.6 Å². The lowest BCUT2D eigenvalue weighted by molar-refractivity contribution is 0.565. The fourth-order valence-corrected chi connectivity index (χ4v) is 2.30. The summed E-state index contributed by atoms with van der Waals surface area (Å²) in [5, 5.41) is 0.599. The Morgan fingerprint density at radius 1 is 1.11 bits per heavy atom. The van der Waals surface area contributed by atoms with Gasteiger partial charge >= 0.3 is 0 Å². The van der Waals surface area contributed by atoms with Crippen LogP contribution in [0, 0.1) is 18.6 Å². The van der Waals surface area contributed by atoms with E-state index >= 15 is 0 Å². The molecule has 1 atom stereocenters. The van der Waals surface area contributed by atoms with E-state index in [1.54, 1.807) is 18.2 Å². The number of aryl methyl sites for hydroxylation is 1. The molecule has 0 saturated carbocycles. The summed E-state index contributed by atoms with van der Waals surface area (Å²) >= 11 is 5.89. The molecule has 0 heterocycles. The van der Waals surface area contributed by atoms with Crippen LogP contribution < -0.4 is 11.3 Å². The van der Waals surface area contributed by atoms with Gasteiger partial charge in [0.05, 0.1) is 6.04 Å². The Balaban J connectivity index is 2.49. The van der Waals surface area contributed by atoms with Gasteiger partial charge in [-0.25, -0.2) is 14.2 Å². The van der Waals surface area contributed by atoms with Gasteiger partial charge in [0.1, 0.15) is 11.6 Å². The lowest BCUT2D eigenvalue weighted by Crippen LogP contribution is -2.29. The van der Waals surface area contributed by atoms with Crippen LogP contribution in [0.2, 0.25) is 5.02 Å². The van der Waals surface area contributed by atoms with Crippen LogP contribution in [0.1, 0.15) is 22.7 Å². The van der Waals surface area contributed by atoms with Crippen molar-refractivity contribution in [2.45, 2.75) is 13.0 Å². The molecule has 2 rings (SSSR count). The molecule has 19 heavy (non-hydrogen) atoms. The molecule has 0 radical (unpaired) electrons. The van der Waals surface area contributed by atoms with Gasteiger partial charge in [0.2, 0.25) is 0 Å². The molecular weight excluding hydrogens is 270 g/mol.